The molecule has 0 fully saturated rings. The van der Waals surface area contributed by atoms with Crippen LogP contribution >= 0.6 is 38.5 Å². The van der Waals surface area contributed by atoms with Gasteiger partial charge < -0.3 is 10.1 Å². The first-order valence-corrected chi connectivity index (χ1v) is 7.45. The van der Waals surface area contributed by atoms with Crippen LogP contribution in [0.4, 0.5) is 5.69 Å². The van der Waals surface area contributed by atoms with Gasteiger partial charge in [-0.3, -0.25) is 4.79 Å². The summed E-state index contributed by atoms with van der Waals surface area (Å²) in [4.78, 5) is 11.7. The van der Waals surface area contributed by atoms with E-state index in [4.69, 9.17) is 4.74 Å². The van der Waals surface area contributed by atoms with Gasteiger partial charge in [0.1, 0.15) is 5.75 Å². The third-order valence-electron chi connectivity index (χ3n) is 2.32. The molecule has 0 aliphatic carbocycles. The van der Waals surface area contributed by atoms with Crippen LogP contribution in [0.25, 0.3) is 0 Å². The monoisotopic (exact) mass is 431 g/mol. The van der Waals surface area contributed by atoms with E-state index in [2.05, 4.69) is 43.8 Å². The minimum atomic E-state index is -0.179. The average Bonchev–Trinajstić information content (AvgIpc) is 2.40. The van der Waals surface area contributed by atoms with Gasteiger partial charge in [-0.25, -0.2) is 0 Å². The standard InChI is InChI=1S/C14H11BrINO2/c15-10-5-7-11(8-6-10)17-14(18)9-19-13-4-2-1-3-12(13)16/h1-8H,9H2,(H,17,18). The van der Waals surface area contributed by atoms with Gasteiger partial charge in [0.2, 0.25) is 0 Å². The lowest BCUT2D eigenvalue weighted by Gasteiger charge is -2.08. The zero-order valence-electron chi connectivity index (χ0n) is 9.90. The molecule has 1 amide bonds. The third-order valence-corrected chi connectivity index (χ3v) is 3.74. The maximum atomic E-state index is 11.7. The highest BCUT2D eigenvalue weighted by Crippen LogP contribution is 2.19. The number of benzene rings is 2. The molecule has 0 aromatic heterocycles. The zero-order chi connectivity index (χ0) is 13.7. The molecule has 0 spiro atoms. The second-order valence-corrected chi connectivity index (χ2v) is 5.85. The maximum absolute atomic E-state index is 11.7. The number of hydrogen-bond donors (Lipinski definition) is 1. The molecule has 98 valence electrons. The summed E-state index contributed by atoms with van der Waals surface area (Å²) in [6, 6.07) is 15.0. The topological polar surface area (TPSA) is 38.3 Å². The largest absolute Gasteiger partial charge is 0.483 e. The Bertz CT molecular complexity index is 572. The Labute approximate surface area is 133 Å². The highest BCUT2D eigenvalue weighted by atomic mass is 127. The molecule has 2 aromatic carbocycles. The molecule has 0 heterocycles. The van der Waals surface area contributed by atoms with E-state index in [9.17, 15) is 4.79 Å². The summed E-state index contributed by atoms with van der Waals surface area (Å²) < 4.78 is 7.42. The highest BCUT2D eigenvalue weighted by molar-refractivity contribution is 14.1. The Morgan fingerprint density at radius 2 is 1.84 bits per heavy atom. The molecule has 0 aliphatic heterocycles. The predicted molar refractivity (Wildman–Crippen MR) is 87.4 cm³/mol. The maximum Gasteiger partial charge on any atom is 0.262 e. The Morgan fingerprint density at radius 3 is 2.53 bits per heavy atom. The molecule has 0 aliphatic rings. The van der Waals surface area contributed by atoms with E-state index < -0.39 is 0 Å². The van der Waals surface area contributed by atoms with Crippen LogP contribution < -0.4 is 10.1 Å². The number of carbonyl (C=O) groups excluding carboxylic acids is 1. The Balaban J connectivity index is 1.88. The lowest BCUT2D eigenvalue weighted by molar-refractivity contribution is -0.118. The second-order valence-electron chi connectivity index (χ2n) is 3.77. The molecule has 2 aromatic rings. The average molecular weight is 432 g/mol. The van der Waals surface area contributed by atoms with Crippen LogP contribution in [0.15, 0.2) is 53.0 Å². The minimum absolute atomic E-state index is 0.00389. The Kier molecular flexibility index (Phi) is 5.21. The molecule has 0 saturated heterocycles. The molecule has 1 N–H and O–H groups in total. The van der Waals surface area contributed by atoms with Crippen molar-refractivity contribution in [3.8, 4) is 5.75 Å². The molecule has 0 unspecified atom stereocenters. The van der Waals surface area contributed by atoms with Crippen molar-refractivity contribution in [1.29, 1.82) is 0 Å². The summed E-state index contributed by atoms with van der Waals surface area (Å²) in [5.74, 6) is 0.538. The van der Waals surface area contributed by atoms with Gasteiger partial charge in [-0.2, -0.15) is 0 Å². The summed E-state index contributed by atoms with van der Waals surface area (Å²) in [5.41, 5.74) is 0.750. The molecule has 0 atom stereocenters. The minimum Gasteiger partial charge on any atom is -0.483 e. The number of halogens is 2. The van der Waals surface area contributed by atoms with Crippen molar-refractivity contribution in [2.45, 2.75) is 0 Å². The predicted octanol–water partition coefficient (Wildman–Crippen LogP) is 4.07. The van der Waals surface area contributed by atoms with Crippen LogP contribution in [0, 0.1) is 3.57 Å². The van der Waals surface area contributed by atoms with Crippen LogP contribution in [0.1, 0.15) is 0 Å². The SMILES string of the molecule is O=C(COc1ccccc1I)Nc1ccc(Br)cc1. The zero-order valence-corrected chi connectivity index (χ0v) is 13.6. The molecular formula is C14H11BrINO2. The molecular weight excluding hydrogens is 421 g/mol. The van der Waals surface area contributed by atoms with E-state index in [1.54, 1.807) is 0 Å². The van der Waals surface area contributed by atoms with Crippen LogP contribution in [0.5, 0.6) is 5.75 Å². The third kappa shape index (κ3) is 4.50. The smallest absolute Gasteiger partial charge is 0.262 e. The van der Waals surface area contributed by atoms with Crippen LogP contribution in [-0.2, 0) is 4.79 Å². The number of hydrogen-bond acceptors (Lipinski definition) is 2. The van der Waals surface area contributed by atoms with Crippen molar-refractivity contribution in [2.24, 2.45) is 0 Å². The van der Waals surface area contributed by atoms with Crippen LogP contribution in [0.3, 0.4) is 0 Å². The van der Waals surface area contributed by atoms with Gasteiger partial charge in [0.05, 0.1) is 3.57 Å². The first kappa shape index (κ1) is 14.3. The number of amides is 1. The Hall–Kier alpha value is -1.08. The lowest BCUT2D eigenvalue weighted by atomic mass is 10.3. The van der Waals surface area contributed by atoms with E-state index >= 15 is 0 Å². The number of rotatable bonds is 4. The van der Waals surface area contributed by atoms with Crippen molar-refractivity contribution >= 4 is 50.1 Å². The van der Waals surface area contributed by atoms with Crippen LogP contribution in [-0.4, -0.2) is 12.5 Å². The fraction of sp³-hybridized carbons (Fsp3) is 0.0714. The number of para-hydroxylation sites is 1. The quantitative estimate of drug-likeness (QED) is 0.741. The first-order valence-electron chi connectivity index (χ1n) is 5.58. The highest BCUT2D eigenvalue weighted by Gasteiger charge is 2.05. The fourth-order valence-corrected chi connectivity index (χ4v) is 2.24. The molecule has 19 heavy (non-hydrogen) atoms. The molecule has 0 saturated carbocycles. The summed E-state index contributed by atoms with van der Waals surface area (Å²) >= 11 is 5.52. The van der Waals surface area contributed by atoms with E-state index in [1.165, 1.54) is 0 Å². The van der Waals surface area contributed by atoms with Crippen LogP contribution in [0.2, 0.25) is 0 Å². The van der Waals surface area contributed by atoms with Crippen molar-refractivity contribution < 1.29 is 9.53 Å². The van der Waals surface area contributed by atoms with Gasteiger partial charge in [0.15, 0.2) is 6.61 Å². The first-order chi connectivity index (χ1) is 9.15. The van der Waals surface area contributed by atoms with Gasteiger partial charge in [-0.15, -0.1) is 0 Å². The summed E-state index contributed by atoms with van der Waals surface area (Å²) in [6.07, 6.45) is 0. The summed E-state index contributed by atoms with van der Waals surface area (Å²) in [6.45, 7) is -0.00389. The van der Waals surface area contributed by atoms with Gasteiger partial charge in [-0.05, 0) is 59.0 Å². The molecule has 5 heteroatoms. The number of anilines is 1. The summed E-state index contributed by atoms with van der Waals surface area (Å²) in [5, 5.41) is 2.77. The normalized spacial score (nSPS) is 10.0. The van der Waals surface area contributed by atoms with Gasteiger partial charge >= 0.3 is 0 Å². The lowest BCUT2D eigenvalue weighted by Crippen LogP contribution is -2.20. The second kappa shape index (κ2) is 6.91. The molecule has 2 rings (SSSR count). The molecule has 0 radical (unpaired) electrons. The fourth-order valence-electron chi connectivity index (χ4n) is 1.44. The van der Waals surface area contributed by atoms with Gasteiger partial charge in [0.25, 0.3) is 5.91 Å². The molecule has 3 nitrogen and oxygen atoms in total. The number of ether oxygens (including phenoxy) is 1. The van der Waals surface area contributed by atoms with Crippen molar-refractivity contribution in [1.82, 2.24) is 0 Å². The van der Waals surface area contributed by atoms with Crippen molar-refractivity contribution in [2.75, 3.05) is 11.9 Å². The summed E-state index contributed by atoms with van der Waals surface area (Å²) in [7, 11) is 0. The van der Waals surface area contributed by atoms with Gasteiger partial charge in [0, 0.05) is 10.2 Å². The van der Waals surface area contributed by atoms with E-state index in [0.29, 0.717) is 5.75 Å². The number of nitrogens with one attached hydrogen (secondary N) is 1. The van der Waals surface area contributed by atoms with E-state index in [0.717, 1.165) is 13.7 Å². The van der Waals surface area contributed by atoms with E-state index in [1.807, 2.05) is 48.5 Å². The van der Waals surface area contributed by atoms with Crippen molar-refractivity contribution in [3.63, 3.8) is 0 Å². The number of carbonyl (C=O) groups is 1. The van der Waals surface area contributed by atoms with Gasteiger partial charge in [-0.1, -0.05) is 28.1 Å². The van der Waals surface area contributed by atoms with Crippen molar-refractivity contribution in [3.05, 3.63) is 56.6 Å². The molecule has 0 bridgehead atoms. The Morgan fingerprint density at radius 1 is 1.16 bits per heavy atom. The van der Waals surface area contributed by atoms with E-state index in [-0.39, 0.29) is 12.5 Å².